The van der Waals surface area contributed by atoms with Crippen molar-refractivity contribution in [2.75, 3.05) is 13.2 Å². The van der Waals surface area contributed by atoms with E-state index in [1.165, 1.54) is 0 Å². The summed E-state index contributed by atoms with van der Waals surface area (Å²) >= 11 is 0. The van der Waals surface area contributed by atoms with E-state index in [1.807, 2.05) is 6.07 Å². The van der Waals surface area contributed by atoms with Gasteiger partial charge >= 0.3 is 5.97 Å². The van der Waals surface area contributed by atoms with Crippen molar-refractivity contribution in [1.82, 2.24) is 0 Å². The summed E-state index contributed by atoms with van der Waals surface area (Å²) in [4.78, 5) is 11.0. The summed E-state index contributed by atoms with van der Waals surface area (Å²) < 4.78 is 11.0. The fraction of sp³-hybridized carbons (Fsp3) is 0.417. The maximum absolute atomic E-state index is 11.0. The van der Waals surface area contributed by atoms with E-state index in [0.29, 0.717) is 13.2 Å². The second kappa shape index (κ2) is 3.88. The molecule has 1 aliphatic rings. The van der Waals surface area contributed by atoms with Crippen molar-refractivity contribution in [3.63, 3.8) is 0 Å². The van der Waals surface area contributed by atoms with Gasteiger partial charge in [0, 0.05) is 5.56 Å². The highest BCUT2D eigenvalue weighted by molar-refractivity contribution is 5.89. The maximum atomic E-state index is 11.0. The third kappa shape index (κ3) is 1.81. The quantitative estimate of drug-likeness (QED) is 0.830. The molecule has 0 atom stereocenters. The van der Waals surface area contributed by atoms with Crippen molar-refractivity contribution >= 4 is 5.97 Å². The zero-order chi connectivity index (χ0) is 11.8. The Morgan fingerprint density at radius 3 is 2.56 bits per heavy atom. The molecular formula is C12H14O4. The molecule has 0 radical (unpaired) electrons. The second-order valence-corrected chi connectivity index (χ2v) is 3.98. The molecule has 1 heterocycles. The molecule has 1 N–H and O–H groups in total. The minimum Gasteiger partial charge on any atom is -0.478 e. The summed E-state index contributed by atoms with van der Waals surface area (Å²) in [6.45, 7) is 4.64. The Hall–Kier alpha value is -1.39. The van der Waals surface area contributed by atoms with Gasteiger partial charge in [-0.3, -0.25) is 0 Å². The smallest absolute Gasteiger partial charge is 0.335 e. The van der Waals surface area contributed by atoms with E-state index in [9.17, 15) is 4.79 Å². The number of benzene rings is 1. The lowest BCUT2D eigenvalue weighted by molar-refractivity contribution is -0.149. The highest BCUT2D eigenvalue weighted by atomic mass is 16.7. The van der Waals surface area contributed by atoms with Crippen LogP contribution >= 0.6 is 0 Å². The van der Waals surface area contributed by atoms with Gasteiger partial charge in [-0.25, -0.2) is 4.79 Å². The zero-order valence-corrected chi connectivity index (χ0v) is 9.32. The molecule has 0 bridgehead atoms. The minimum absolute atomic E-state index is 0.290. The molecular weight excluding hydrogens is 208 g/mol. The molecule has 4 nitrogen and oxygen atoms in total. The Labute approximate surface area is 93.8 Å². The maximum Gasteiger partial charge on any atom is 0.335 e. The first-order valence-corrected chi connectivity index (χ1v) is 5.15. The highest BCUT2D eigenvalue weighted by Crippen LogP contribution is 2.31. The highest BCUT2D eigenvalue weighted by Gasteiger charge is 2.33. The number of carboxylic acid groups (broad SMARTS) is 1. The van der Waals surface area contributed by atoms with E-state index >= 15 is 0 Å². The Balaban J connectivity index is 2.43. The number of aryl methyl sites for hydroxylation is 1. The molecule has 1 aromatic rings. The summed E-state index contributed by atoms with van der Waals surface area (Å²) in [5, 5.41) is 9.04. The van der Waals surface area contributed by atoms with Crippen LogP contribution in [-0.4, -0.2) is 24.3 Å². The fourth-order valence-corrected chi connectivity index (χ4v) is 1.82. The van der Waals surface area contributed by atoms with Crippen molar-refractivity contribution in [3.05, 3.63) is 34.9 Å². The zero-order valence-electron chi connectivity index (χ0n) is 9.32. The van der Waals surface area contributed by atoms with E-state index < -0.39 is 11.8 Å². The van der Waals surface area contributed by atoms with Gasteiger partial charge in [0.1, 0.15) is 0 Å². The number of carboxylic acids is 1. The molecule has 0 amide bonds. The molecule has 0 aliphatic carbocycles. The topological polar surface area (TPSA) is 55.8 Å². The molecule has 1 aromatic carbocycles. The standard InChI is InChI=1S/C12H14O4/c1-8-3-4-9(7-10(8)11(13)14)12(2)15-5-6-16-12/h3-4,7H,5-6H2,1-2H3,(H,13,14). The summed E-state index contributed by atoms with van der Waals surface area (Å²) in [5.41, 5.74) is 1.77. The van der Waals surface area contributed by atoms with Crippen LogP contribution < -0.4 is 0 Å². The van der Waals surface area contributed by atoms with Crippen LogP contribution in [0.15, 0.2) is 18.2 Å². The van der Waals surface area contributed by atoms with Gasteiger partial charge in [-0.15, -0.1) is 0 Å². The van der Waals surface area contributed by atoms with Crippen molar-refractivity contribution in [2.24, 2.45) is 0 Å². The number of ether oxygens (including phenoxy) is 2. The lowest BCUT2D eigenvalue weighted by Gasteiger charge is -2.23. The SMILES string of the molecule is Cc1ccc(C2(C)OCCO2)cc1C(=O)O. The number of carbonyl (C=O) groups is 1. The van der Waals surface area contributed by atoms with Crippen molar-refractivity contribution in [1.29, 1.82) is 0 Å². The first-order valence-electron chi connectivity index (χ1n) is 5.15. The molecule has 2 rings (SSSR count). The van der Waals surface area contributed by atoms with E-state index in [1.54, 1.807) is 26.0 Å². The van der Waals surface area contributed by atoms with Gasteiger partial charge in [-0.2, -0.15) is 0 Å². The van der Waals surface area contributed by atoms with Crippen molar-refractivity contribution in [2.45, 2.75) is 19.6 Å². The van der Waals surface area contributed by atoms with Crippen LogP contribution in [0.2, 0.25) is 0 Å². The molecule has 0 aromatic heterocycles. The van der Waals surface area contributed by atoms with Gasteiger partial charge in [0.2, 0.25) is 0 Å². The van der Waals surface area contributed by atoms with Crippen molar-refractivity contribution < 1.29 is 19.4 Å². The third-order valence-electron chi connectivity index (χ3n) is 2.83. The Morgan fingerprint density at radius 2 is 2.00 bits per heavy atom. The predicted octanol–water partition coefficient (Wildman–Crippen LogP) is 1.91. The molecule has 1 fully saturated rings. The van der Waals surface area contributed by atoms with Gasteiger partial charge in [-0.1, -0.05) is 12.1 Å². The van der Waals surface area contributed by atoms with Gasteiger partial charge in [0.15, 0.2) is 5.79 Å². The van der Waals surface area contributed by atoms with Crippen LogP contribution in [0.5, 0.6) is 0 Å². The summed E-state index contributed by atoms with van der Waals surface area (Å²) in [7, 11) is 0. The van der Waals surface area contributed by atoms with Gasteiger partial charge in [0.25, 0.3) is 0 Å². The molecule has 0 saturated carbocycles. The Morgan fingerprint density at radius 1 is 1.38 bits per heavy atom. The molecule has 0 spiro atoms. The lowest BCUT2D eigenvalue weighted by Crippen LogP contribution is -2.23. The van der Waals surface area contributed by atoms with Crippen LogP contribution in [-0.2, 0) is 15.3 Å². The first-order chi connectivity index (χ1) is 7.53. The molecule has 1 aliphatic heterocycles. The normalized spacial score (nSPS) is 18.6. The monoisotopic (exact) mass is 222 g/mol. The van der Waals surface area contributed by atoms with Crippen LogP contribution in [0, 0.1) is 6.92 Å². The lowest BCUT2D eigenvalue weighted by atomic mass is 10.0. The van der Waals surface area contributed by atoms with Crippen LogP contribution in [0.4, 0.5) is 0 Å². The van der Waals surface area contributed by atoms with Crippen LogP contribution in [0.1, 0.15) is 28.4 Å². The number of aromatic carboxylic acids is 1. The second-order valence-electron chi connectivity index (χ2n) is 3.98. The van der Waals surface area contributed by atoms with Gasteiger partial charge < -0.3 is 14.6 Å². The summed E-state index contributed by atoms with van der Waals surface area (Å²) in [5.74, 6) is -1.74. The van der Waals surface area contributed by atoms with Crippen molar-refractivity contribution in [3.8, 4) is 0 Å². The minimum atomic E-state index is -0.930. The average Bonchev–Trinajstić information content (AvgIpc) is 2.66. The van der Waals surface area contributed by atoms with Crippen LogP contribution in [0.25, 0.3) is 0 Å². The van der Waals surface area contributed by atoms with E-state index in [2.05, 4.69) is 0 Å². The summed E-state index contributed by atoms with van der Waals surface area (Å²) in [6.07, 6.45) is 0. The molecule has 4 heteroatoms. The number of hydrogen-bond donors (Lipinski definition) is 1. The van der Waals surface area contributed by atoms with Crippen LogP contribution in [0.3, 0.4) is 0 Å². The predicted molar refractivity (Wildman–Crippen MR) is 57.4 cm³/mol. The van der Waals surface area contributed by atoms with Gasteiger partial charge in [-0.05, 0) is 25.5 Å². The fourth-order valence-electron chi connectivity index (χ4n) is 1.82. The molecule has 86 valence electrons. The Kier molecular flexibility index (Phi) is 2.69. The first kappa shape index (κ1) is 11.1. The van der Waals surface area contributed by atoms with E-state index in [-0.39, 0.29) is 5.56 Å². The number of hydrogen-bond acceptors (Lipinski definition) is 3. The molecule has 1 saturated heterocycles. The number of rotatable bonds is 2. The van der Waals surface area contributed by atoms with E-state index in [4.69, 9.17) is 14.6 Å². The average molecular weight is 222 g/mol. The Bertz CT molecular complexity index is 419. The van der Waals surface area contributed by atoms with Gasteiger partial charge in [0.05, 0.1) is 18.8 Å². The third-order valence-corrected chi connectivity index (χ3v) is 2.83. The molecule has 16 heavy (non-hydrogen) atoms. The van der Waals surface area contributed by atoms with E-state index in [0.717, 1.165) is 11.1 Å². The largest absolute Gasteiger partial charge is 0.478 e. The summed E-state index contributed by atoms with van der Waals surface area (Å²) in [6, 6.07) is 5.23. The molecule has 0 unspecified atom stereocenters.